The summed E-state index contributed by atoms with van der Waals surface area (Å²) in [6.45, 7) is 7.34. The highest BCUT2D eigenvalue weighted by Crippen LogP contribution is 2.18. The molecule has 1 atom stereocenters. The van der Waals surface area contributed by atoms with Crippen molar-refractivity contribution in [3.8, 4) is 5.88 Å². The second kappa shape index (κ2) is 7.93. The van der Waals surface area contributed by atoms with Crippen molar-refractivity contribution in [2.24, 2.45) is 5.92 Å². The van der Waals surface area contributed by atoms with Gasteiger partial charge in [0.05, 0.1) is 25.6 Å². The first-order valence-electron chi connectivity index (χ1n) is 7.56. The average Bonchev–Trinajstić information content (AvgIpc) is 2.53. The van der Waals surface area contributed by atoms with Gasteiger partial charge in [-0.25, -0.2) is 9.97 Å². The van der Waals surface area contributed by atoms with E-state index in [1.54, 1.807) is 0 Å². The second-order valence-corrected chi connectivity index (χ2v) is 5.09. The van der Waals surface area contributed by atoms with Gasteiger partial charge in [-0.1, -0.05) is 0 Å². The van der Waals surface area contributed by atoms with Crippen LogP contribution in [0.15, 0.2) is 12.4 Å². The van der Waals surface area contributed by atoms with Gasteiger partial charge < -0.3 is 14.4 Å². The molecule has 1 fully saturated rings. The monoisotopic (exact) mass is 293 g/mol. The van der Waals surface area contributed by atoms with E-state index in [9.17, 15) is 4.79 Å². The molecule has 1 aromatic rings. The Hall–Kier alpha value is -1.69. The minimum atomic E-state index is -0.0632. The maximum Gasteiger partial charge on any atom is 0.274 e. The van der Waals surface area contributed by atoms with Crippen LogP contribution in [-0.2, 0) is 4.74 Å². The number of likely N-dealkylation sites (tertiary alicyclic amines) is 1. The van der Waals surface area contributed by atoms with Gasteiger partial charge in [-0.15, -0.1) is 0 Å². The molecule has 0 saturated carbocycles. The summed E-state index contributed by atoms with van der Waals surface area (Å²) in [7, 11) is 0. The maximum absolute atomic E-state index is 12.4. The number of ether oxygens (including phenoxy) is 2. The zero-order valence-corrected chi connectivity index (χ0v) is 12.7. The maximum atomic E-state index is 12.4. The van der Waals surface area contributed by atoms with Crippen molar-refractivity contribution in [3.63, 3.8) is 0 Å². The molecular formula is C15H23N3O3. The van der Waals surface area contributed by atoms with Crippen molar-refractivity contribution < 1.29 is 14.3 Å². The lowest BCUT2D eigenvalue weighted by molar-refractivity contribution is 0.0496. The molecule has 1 aliphatic rings. The zero-order chi connectivity index (χ0) is 15.1. The predicted molar refractivity (Wildman–Crippen MR) is 78.3 cm³/mol. The number of rotatable bonds is 6. The van der Waals surface area contributed by atoms with Gasteiger partial charge in [0.1, 0.15) is 5.69 Å². The summed E-state index contributed by atoms with van der Waals surface area (Å²) in [5.74, 6) is 0.798. The third-order valence-electron chi connectivity index (χ3n) is 3.50. The predicted octanol–water partition coefficient (Wildman–Crippen LogP) is 1.76. The molecule has 2 rings (SSSR count). The number of piperidine rings is 1. The van der Waals surface area contributed by atoms with E-state index in [2.05, 4.69) is 9.97 Å². The molecule has 0 aromatic carbocycles. The fourth-order valence-corrected chi connectivity index (χ4v) is 2.48. The topological polar surface area (TPSA) is 64.5 Å². The van der Waals surface area contributed by atoms with Gasteiger partial charge in [-0.05, 0) is 32.6 Å². The third-order valence-corrected chi connectivity index (χ3v) is 3.50. The molecule has 6 heteroatoms. The number of hydrogen-bond donors (Lipinski definition) is 0. The summed E-state index contributed by atoms with van der Waals surface area (Å²) in [6.07, 6.45) is 5.10. The lowest BCUT2D eigenvalue weighted by Crippen LogP contribution is -2.41. The van der Waals surface area contributed by atoms with Gasteiger partial charge in [-0.3, -0.25) is 4.79 Å². The first-order valence-corrected chi connectivity index (χ1v) is 7.56. The van der Waals surface area contributed by atoms with Crippen molar-refractivity contribution >= 4 is 5.91 Å². The molecule has 0 aliphatic carbocycles. The summed E-state index contributed by atoms with van der Waals surface area (Å²) < 4.78 is 10.7. The largest absolute Gasteiger partial charge is 0.477 e. The Morgan fingerprint density at radius 3 is 2.86 bits per heavy atom. The van der Waals surface area contributed by atoms with E-state index in [1.807, 2.05) is 18.7 Å². The molecule has 2 heterocycles. The van der Waals surface area contributed by atoms with E-state index in [4.69, 9.17) is 9.47 Å². The minimum Gasteiger partial charge on any atom is -0.477 e. The van der Waals surface area contributed by atoms with Gasteiger partial charge >= 0.3 is 0 Å². The van der Waals surface area contributed by atoms with E-state index in [1.165, 1.54) is 12.4 Å². The Labute approximate surface area is 125 Å². The zero-order valence-electron chi connectivity index (χ0n) is 12.7. The molecule has 21 heavy (non-hydrogen) atoms. The highest BCUT2D eigenvalue weighted by Gasteiger charge is 2.25. The summed E-state index contributed by atoms with van der Waals surface area (Å²) >= 11 is 0. The van der Waals surface area contributed by atoms with Crippen LogP contribution in [0, 0.1) is 5.92 Å². The van der Waals surface area contributed by atoms with Gasteiger partial charge in [0, 0.05) is 19.7 Å². The number of carbonyl (C=O) groups excluding carboxylic acids is 1. The van der Waals surface area contributed by atoms with E-state index >= 15 is 0 Å². The van der Waals surface area contributed by atoms with Crippen LogP contribution in [0.2, 0.25) is 0 Å². The lowest BCUT2D eigenvalue weighted by Gasteiger charge is -2.32. The molecule has 0 radical (unpaired) electrons. The second-order valence-electron chi connectivity index (χ2n) is 5.09. The average molecular weight is 293 g/mol. The molecule has 0 N–H and O–H groups in total. The highest BCUT2D eigenvalue weighted by atomic mass is 16.5. The molecule has 1 aromatic heterocycles. The summed E-state index contributed by atoms with van der Waals surface area (Å²) in [4.78, 5) is 22.5. The van der Waals surface area contributed by atoms with Crippen LogP contribution >= 0.6 is 0 Å². The molecule has 0 spiro atoms. The van der Waals surface area contributed by atoms with Crippen molar-refractivity contribution in [1.29, 1.82) is 0 Å². The number of nitrogens with zero attached hydrogens (tertiary/aromatic N) is 3. The van der Waals surface area contributed by atoms with Gasteiger partial charge in [0.15, 0.2) is 0 Å². The van der Waals surface area contributed by atoms with Crippen LogP contribution in [0.1, 0.15) is 37.2 Å². The lowest BCUT2D eigenvalue weighted by atomic mass is 9.99. The first-order chi connectivity index (χ1) is 10.2. The Bertz CT molecular complexity index is 450. The van der Waals surface area contributed by atoms with Gasteiger partial charge in [-0.2, -0.15) is 0 Å². The van der Waals surface area contributed by atoms with E-state index in [0.29, 0.717) is 24.1 Å². The number of carbonyl (C=O) groups is 1. The van der Waals surface area contributed by atoms with Crippen LogP contribution in [-0.4, -0.2) is 53.7 Å². The van der Waals surface area contributed by atoms with Crippen molar-refractivity contribution in [2.45, 2.75) is 26.7 Å². The van der Waals surface area contributed by atoms with Crippen LogP contribution in [0.5, 0.6) is 5.88 Å². The number of amides is 1. The van der Waals surface area contributed by atoms with Crippen LogP contribution in [0.4, 0.5) is 0 Å². The molecule has 0 bridgehead atoms. The first kappa shape index (κ1) is 15.7. The molecule has 1 unspecified atom stereocenters. The van der Waals surface area contributed by atoms with E-state index < -0.39 is 0 Å². The standard InChI is InChI=1S/C15H23N3O3/c1-3-20-11-12-6-5-7-18(10-12)15(19)13-8-17-14(9-16-13)21-4-2/h8-9,12H,3-7,10-11H2,1-2H3. The third kappa shape index (κ3) is 4.39. The van der Waals surface area contributed by atoms with E-state index in [0.717, 1.165) is 39.1 Å². The fourth-order valence-electron chi connectivity index (χ4n) is 2.48. The van der Waals surface area contributed by atoms with Gasteiger partial charge in [0.2, 0.25) is 5.88 Å². The normalized spacial score (nSPS) is 18.6. The Morgan fingerprint density at radius 2 is 2.19 bits per heavy atom. The summed E-state index contributed by atoms with van der Waals surface area (Å²) in [6, 6.07) is 0. The van der Waals surface area contributed by atoms with Crippen molar-refractivity contribution in [2.75, 3.05) is 32.9 Å². The SMILES string of the molecule is CCOCC1CCCN(C(=O)c2cnc(OCC)cn2)C1. The number of aromatic nitrogens is 2. The molecule has 6 nitrogen and oxygen atoms in total. The molecular weight excluding hydrogens is 270 g/mol. The molecule has 1 aliphatic heterocycles. The van der Waals surface area contributed by atoms with E-state index in [-0.39, 0.29) is 5.91 Å². The Kier molecular flexibility index (Phi) is 5.92. The minimum absolute atomic E-state index is 0.0632. The van der Waals surface area contributed by atoms with Crippen molar-refractivity contribution in [3.05, 3.63) is 18.1 Å². The highest BCUT2D eigenvalue weighted by molar-refractivity contribution is 5.92. The Morgan fingerprint density at radius 1 is 1.33 bits per heavy atom. The van der Waals surface area contributed by atoms with Crippen molar-refractivity contribution in [1.82, 2.24) is 14.9 Å². The van der Waals surface area contributed by atoms with Gasteiger partial charge in [0.25, 0.3) is 5.91 Å². The smallest absolute Gasteiger partial charge is 0.274 e. The molecule has 1 amide bonds. The quantitative estimate of drug-likeness (QED) is 0.799. The summed E-state index contributed by atoms with van der Waals surface area (Å²) in [5.41, 5.74) is 0.371. The van der Waals surface area contributed by atoms with Crippen LogP contribution < -0.4 is 4.74 Å². The molecule has 116 valence electrons. The molecule has 1 saturated heterocycles. The Balaban J connectivity index is 1.95. The number of hydrogen-bond acceptors (Lipinski definition) is 5. The van der Waals surface area contributed by atoms with Crippen LogP contribution in [0.25, 0.3) is 0 Å². The summed E-state index contributed by atoms with van der Waals surface area (Å²) in [5, 5.41) is 0. The fraction of sp³-hybridized carbons (Fsp3) is 0.667. The van der Waals surface area contributed by atoms with Crippen LogP contribution in [0.3, 0.4) is 0 Å².